The van der Waals surface area contributed by atoms with Crippen molar-refractivity contribution in [2.24, 2.45) is 5.10 Å². The van der Waals surface area contributed by atoms with Gasteiger partial charge in [-0.05, 0) is 82.5 Å². The number of hydrogen-bond donors (Lipinski definition) is 1. The summed E-state index contributed by atoms with van der Waals surface area (Å²) in [6, 6.07) is 24.5. The van der Waals surface area contributed by atoms with Gasteiger partial charge in [-0.1, -0.05) is 48.5 Å². The quantitative estimate of drug-likeness (QED) is 0.299. The van der Waals surface area contributed by atoms with Gasteiger partial charge in [0.05, 0.1) is 5.71 Å². The predicted molar refractivity (Wildman–Crippen MR) is 130 cm³/mol. The summed E-state index contributed by atoms with van der Waals surface area (Å²) in [7, 11) is 0. The third kappa shape index (κ3) is 5.15. The number of carbonyl (C=O) groups is 1. The van der Waals surface area contributed by atoms with Crippen LogP contribution in [0, 0.1) is 3.57 Å². The topological polar surface area (TPSA) is 44.7 Å². The summed E-state index contributed by atoms with van der Waals surface area (Å²) >= 11 is 2.27. The minimum absolute atomic E-state index is 0.196. The summed E-state index contributed by atoms with van der Waals surface area (Å²) in [5.74, 6) is -0.196. The molecule has 1 heterocycles. The van der Waals surface area contributed by atoms with Gasteiger partial charge in [0.15, 0.2) is 0 Å². The van der Waals surface area contributed by atoms with E-state index in [1.807, 2.05) is 55.5 Å². The molecule has 0 saturated carbocycles. The van der Waals surface area contributed by atoms with Crippen LogP contribution in [0.4, 0.5) is 0 Å². The van der Waals surface area contributed by atoms with Gasteiger partial charge in [-0.3, -0.25) is 9.69 Å². The molecule has 0 saturated heterocycles. The molecule has 1 aliphatic heterocycles. The van der Waals surface area contributed by atoms with Gasteiger partial charge in [0, 0.05) is 28.8 Å². The first-order valence-corrected chi connectivity index (χ1v) is 11.1. The van der Waals surface area contributed by atoms with Crippen molar-refractivity contribution >= 4 is 34.2 Å². The van der Waals surface area contributed by atoms with Gasteiger partial charge in [0.1, 0.15) is 0 Å². The van der Waals surface area contributed by atoms with Gasteiger partial charge in [0.25, 0.3) is 5.91 Å². The SMILES string of the molecule is C/C(=N/NC(=O)c1ccc(CN2CCc3ccccc3C2)cc1)c1cccc(I)c1. The minimum Gasteiger partial charge on any atom is -0.294 e. The Morgan fingerprint density at radius 1 is 1.00 bits per heavy atom. The lowest BCUT2D eigenvalue weighted by Gasteiger charge is -2.28. The van der Waals surface area contributed by atoms with Crippen molar-refractivity contribution < 1.29 is 4.79 Å². The van der Waals surface area contributed by atoms with Crippen LogP contribution in [-0.2, 0) is 19.5 Å². The average molecular weight is 509 g/mol. The number of amides is 1. The molecule has 3 aromatic carbocycles. The lowest BCUT2D eigenvalue weighted by Crippen LogP contribution is -2.30. The number of hydrogen-bond acceptors (Lipinski definition) is 3. The highest BCUT2D eigenvalue weighted by atomic mass is 127. The van der Waals surface area contributed by atoms with Crippen molar-refractivity contribution in [1.82, 2.24) is 10.3 Å². The molecule has 0 unspecified atom stereocenters. The number of rotatable bonds is 5. The molecule has 3 aromatic rings. The molecule has 0 radical (unpaired) electrons. The van der Waals surface area contributed by atoms with Crippen LogP contribution in [0.3, 0.4) is 0 Å². The highest BCUT2D eigenvalue weighted by Gasteiger charge is 2.16. The standard InChI is InChI=1S/C25H24IN3O/c1-18(22-7-4-8-24(26)15-22)27-28-25(30)21-11-9-19(10-12-21)16-29-14-13-20-5-2-3-6-23(20)17-29/h2-12,15H,13-14,16-17H2,1H3,(H,28,30)/b27-18-. The zero-order chi connectivity index (χ0) is 20.9. The van der Waals surface area contributed by atoms with Crippen molar-refractivity contribution in [3.05, 3.63) is 104 Å². The molecule has 1 aliphatic rings. The molecular weight excluding hydrogens is 485 g/mol. The molecule has 0 aliphatic carbocycles. The third-order valence-corrected chi connectivity index (χ3v) is 6.07. The maximum atomic E-state index is 12.5. The van der Waals surface area contributed by atoms with Crippen molar-refractivity contribution in [2.75, 3.05) is 6.54 Å². The van der Waals surface area contributed by atoms with Crippen LogP contribution >= 0.6 is 22.6 Å². The number of nitrogens with zero attached hydrogens (tertiary/aromatic N) is 2. The van der Waals surface area contributed by atoms with Crippen molar-refractivity contribution in [3.63, 3.8) is 0 Å². The molecule has 152 valence electrons. The second kappa shape index (κ2) is 9.53. The van der Waals surface area contributed by atoms with Crippen LogP contribution in [0.25, 0.3) is 0 Å². The number of benzene rings is 3. The van der Waals surface area contributed by atoms with Gasteiger partial charge in [-0.2, -0.15) is 5.10 Å². The molecule has 1 amide bonds. The fraction of sp³-hybridized carbons (Fsp3) is 0.200. The average Bonchev–Trinajstić information content (AvgIpc) is 2.77. The Morgan fingerprint density at radius 2 is 1.77 bits per heavy atom. The van der Waals surface area contributed by atoms with Gasteiger partial charge < -0.3 is 0 Å². The van der Waals surface area contributed by atoms with Gasteiger partial charge in [-0.25, -0.2) is 5.43 Å². The van der Waals surface area contributed by atoms with Crippen LogP contribution in [0.2, 0.25) is 0 Å². The summed E-state index contributed by atoms with van der Waals surface area (Å²) in [6.07, 6.45) is 1.09. The van der Waals surface area contributed by atoms with Crippen LogP contribution in [0.5, 0.6) is 0 Å². The molecule has 0 fully saturated rings. The Morgan fingerprint density at radius 3 is 2.53 bits per heavy atom. The summed E-state index contributed by atoms with van der Waals surface area (Å²) in [6.45, 7) is 4.82. The number of halogens is 1. The Hall–Kier alpha value is -2.51. The highest BCUT2D eigenvalue weighted by Crippen LogP contribution is 2.20. The minimum atomic E-state index is -0.196. The summed E-state index contributed by atoms with van der Waals surface area (Å²) in [5, 5.41) is 4.25. The second-order valence-corrected chi connectivity index (χ2v) is 8.82. The Kier molecular flexibility index (Phi) is 6.59. The zero-order valence-electron chi connectivity index (χ0n) is 16.9. The van der Waals surface area contributed by atoms with E-state index in [0.717, 1.165) is 40.9 Å². The van der Waals surface area contributed by atoms with Crippen LogP contribution < -0.4 is 5.43 Å². The Balaban J connectivity index is 1.35. The molecule has 30 heavy (non-hydrogen) atoms. The molecule has 5 heteroatoms. The molecule has 0 aromatic heterocycles. The highest BCUT2D eigenvalue weighted by molar-refractivity contribution is 14.1. The molecule has 4 nitrogen and oxygen atoms in total. The maximum Gasteiger partial charge on any atom is 0.271 e. The maximum absolute atomic E-state index is 12.5. The van der Waals surface area contributed by atoms with Gasteiger partial charge in [-0.15, -0.1) is 0 Å². The van der Waals surface area contributed by atoms with Crippen molar-refractivity contribution in [2.45, 2.75) is 26.4 Å². The molecule has 1 N–H and O–H groups in total. The first kappa shape index (κ1) is 20.8. The van der Waals surface area contributed by atoms with Gasteiger partial charge in [0.2, 0.25) is 0 Å². The zero-order valence-corrected chi connectivity index (χ0v) is 19.1. The number of fused-ring (bicyclic) bond motifs is 1. The first-order valence-electron chi connectivity index (χ1n) is 10.1. The summed E-state index contributed by atoms with van der Waals surface area (Å²) < 4.78 is 1.14. The monoisotopic (exact) mass is 509 g/mol. The number of carbonyl (C=O) groups excluding carboxylic acids is 1. The van der Waals surface area contributed by atoms with E-state index in [1.165, 1.54) is 16.7 Å². The van der Waals surface area contributed by atoms with Crippen LogP contribution in [-0.4, -0.2) is 23.1 Å². The van der Waals surface area contributed by atoms with E-state index in [9.17, 15) is 4.79 Å². The normalized spacial score (nSPS) is 14.3. The molecule has 4 rings (SSSR count). The van der Waals surface area contributed by atoms with E-state index >= 15 is 0 Å². The predicted octanol–water partition coefficient (Wildman–Crippen LogP) is 5.00. The second-order valence-electron chi connectivity index (χ2n) is 7.57. The van der Waals surface area contributed by atoms with Gasteiger partial charge >= 0.3 is 0 Å². The third-order valence-electron chi connectivity index (χ3n) is 5.40. The molecular formula is C25H24IN3O. The molecule has 0 spiro atoms. The fourth-order valence-corrected chi connectivity index (χ4v) is 4.23. The van der Waals surface area contributed by atoms with E-state index in [0.29, 0.717) is 5.56 Å². The summed E-state index contributed by atoms with van der Waals surface area (Å²) in [5.41, 5.74) is 9.15. The fourth-order valence-electron chi connectivity index (χ4n) is 3.69. The molecule has 0 bridgehead atoms. The number of hydrazone groups is 1. The van der Waals surface area contributed by atoms with Crippen LogP contribution in [0.1, 0.15) is 39.5 Å². The van der Waals surface area contributed by atoms with E-state index in [-0.39, 0.29) is 5.91 Å². The van der Waals surface area contributed by atoms with E-state index < -0.39 is 0 Å². The van der Waals surface area contributed by atoms with E-state index in [1.54, 1.807) is 0 Å². The van der Waals surface area contributed by atoms with Crippen LogP contribution in [0.15, 0.2) is 77.9 Å². The van der Waals surface area contributed by atoms with E-state index in [4.69, 9.17) is 0 Å². The Bertz CT molecular complexity index is 1080. The number of nitrogens with one attached hydrogen (secondary N) is 1. The Labute approximate surface area is 191 Å². The molecule has 0 atom stereocenters. The first-order chi connectivity index (χ1) is 14.6. The van der Waals surface area contributed by atoms with Crippen molar-refractivity contribution in [3.8, 4) is 0 Å². The smallest absolute Gasteiger partial charge is 0.271 e. The van der Waals surface area contributed by atoms with E-state index in [2.05, 4.69) is 62.3 Å². The van der Waals surface area contributed by atoms with Crippen molar-refractivity contribution in [1.29, 1.82) is 0 Å². The largest absolute Gasteiger partial charge is 0.294 e. The lowest BCUT2D eigenvalue weighted by molar-refractivity contribution is 0.0955. The lowest BCUT2D eigenvalue weighted by atomic mass is 9.99. The summed E-state index contributed by atoms with van der Waals surface area (Å²) in [4.78, 5) is 14.9.